The predicted molar refractivity (Wildman–Crippen MR) is 96.7 cm³/mol. The summed E-state index contributed by atoms with van der Waals surface area (Å²) in [6.07, 6.45) is 0.572. The summed E-state index contributed by atoms with van der Waals surface area (Å²) < 4.78 is 35.4. The van der Waals surface area contributed by atoms with E-state index < -0.39 is 20.5 Å². The summed E-state index contributed by atoms with van der Waals surface area (Å²) in [5, 5.41) is 3.14. The van der Waals surface area contributed by atoms with Crippen LogP contribution in [0.3, 0.4) is 0 Å². The maximum Gasteiger partial charge on any atom is 0.246 e. The number of anilines is 1. The van der Waals surface area contributed by atoms with Gasteiger partial charge >= 0.3 is 0 Å². The van der Waals surface area contributed by atoms with Gasteiger partial charge in [0.05, 0.1) is 4.90 Å². The molecule has 1 heterocycles. The molecule has 26 heavy (non-hydrogen) atoms. The van der Waals surface area contributed by atoms with Crippen molar-refractivity contribution >= 4 is 33.0 Å². The smallest absolute Gasteiger partial charge is 0.246 e. The van der Waals surface area contributed by atoms with Crippen molar-refractivity contribution in [1.29, 1.82) is 0 Å². The fraction of sp³-hybridized carbons (Fsp3) is 0.278. The van der Waals surface area contributed by atoms with Crippen LogP contribution in [0.25, 0.3) is 0 Å². The number of hydrogen-bond donors (Lipinski definition) is 1. The zero-order valence-corrected chi connectivity index (χ0v) is 15.3. The Morgan fingerprint density at radius 2 is 1.65 bits per heavy atom. The van der Waals surface area contributed by atoms with Gasteiger partial charge in [-0.3, -0.25) is 4.79 Å². The van der Waals surface area contributed by atoms with E-state index in [4.69, 9.17) is 21.1 Å². The third kappa shape index (κ3) is 2.81. The minimum Gasteiger partial charge on any atom is -0.486 e. The van der Waals surface area contributed by atoms with Crippen molar-refractivity contribution in [3.63, 3.8) is 0 Å². The van der Waals surface area contributed by atoms with Gasteiger partial charge in [-0.2, -0.15) is 0 Å². The lowest BCUT2D eigenvalue weighted by Gasteiger charge is -2.20. The largest absolute Gasteiger partial charge is 0.486 e. The van der Waals surface area contributed by atoms with Crippen molar-refractivity contribution in [2.24, 2.45) is 0 Å². The molecule has 1 amide bonds. The van der Waals surface area contributed by atoms with Gasteiger partial charge in [0.15, 0.2) is 26.1 Å². The van der Waals surface area contributed by atoms with E-state index in [0.717, 1.165) is 0 Å². The van der Waals surface area contributed by atoms with Crippen molar-refractivity contribution in [1.82, 2.24) is 0 Å². The molecule has 0 bridgehead atoms. The molecule has 1 aliphatic heterocycles. The van der Waals surface area contributed by atoms with Gasteiger partial charge in [-0.05, 0) is 49.2 Å². The van der Waals surface area contributed by atoms with Crippen LogP contribution >= 0.6 is 11.6 Å². The average Bonchev–Trinajstić information content (AvgIpc) is 3.44. The first-order valence-electron chi connectivity index (χ1n) is 8.14. The summed E-state index contributed by atoms with van der Waals surface area (Å²) in [4.78, 5) is 12.9. The van der Waals surface area contributed by atoms with E-state index >= 15 is 0 Å². The molecule has 6 nitrogen and oxygen atoms in total. The number of benzene rings is 2. The van der Waals surface area contributed by atoms with Crippen LogP contribution < -0.4 is 14.8 Å². The molecule has 0 radical (unpaired) electrons. The SMILES string of the molecule is O=C(Nc1ccc2c(c1)OCCO2)C1(S(=O)(=O)c2ccc(Cl)cc2)CC1. The number of carbonyl (C=O) groups is 1. The highest BCUT2D eigenvalue weighted by Crippen LogP contribution is 2.48. The van der Waals surface area contributed by atoms with Crippen LogP contribution in [-0.4, -0.2) is 32.3 Å². The highest BCUT2D eigenvalue weighted by molar-refractivity contribution is 7.94. The molecule has 0 unspecified atom stereocenters. The molecule has 1 aliphatic carbocycles. The summed E-state index contributed by atoms with van der Waals surface area (Å²) in [5.74, 6) is 0.591. The lowest BCUT2D eigenvalue weighted by atomic mass is 10.2. The molecule has 2 aromatic carbocycles. The van der Waals surface area contributed by atoms with Crippen molar-refractivity contribution in [2.45, 2.75) is 22.5 Å². The molecule has 2 aromatic rings. The molecule has 136 valence electrons. The maximum absolute atomic E-state index is 12.9. The van der Waals surface area contributed by atoms with Crippen LogP contribution in [-0.2, 0) is 14.6 Å². The third-order valence-corrected chi connectivity index (χ3v) is 7.32. The Morgan fingerprint density at radius 3 is 2.31 bits per heavy atom. The molecular weight excluding hydrogens is 378 g/mol. The van der Waals surface area contributed by atoms with Gasteiger partial charge in [-0.25, -0.2) is 8.42 Å². The van der Waals surface area contributed by atoms with E-state index in [9.17, 15) is 13.2 Å². The van der Waals surface area contributed by atoms with E-state index in [1.54, 1.807) is 18.2 Å². The number of amides is 1. The first-order valence-corrected chi connectivity index (χ1v) is 10.00. The number of ether oxygens (including phenoxy) is 2. The fourth-order valence-electron chi connectivity index (χ4n) is 2.94. The summed E-state index contributed by atoms with van der Waals surface area (Å²) >= 11 is 5.82. The number of halogens is 1. The van der Waals surface area contributed by atoms with Crippen LogP contribution in [0.1, 0.15) is 12.8 Å². The number of carbonyl (C=O) groups excluding carboxylic acids is 1. The molecule has 4 rings (SSSR count). The van der Waals surface area contributed by atoms with Crippen LogP contribution in [0.5, 0.6) is 11.5 Å². The first kappa shape index (κ1) is 17.2. The normalized spacial score (nSPS) is 17.4. The van der Waals surface area contributed by atoms with E-state index in [-0.39, 0.29) is 17.7 Å². The van der Waals surface area contributed by atoms with Gasteiger partial charge in [-0.15, -0.1) is 0 Å². The van der Waals surface area contributed by atoms with Crippen molar-refractivity contribution in [2.75, 3.05) is 18.5 Å². The molecule has 1 fully saturated rings. The second kappa shape index (κ2) is 6.17. The molecular formula is C18H16ClNO5S. The summed E-state index contributed by atoms with van der Waals surface area (Å²) in [7, 11) is -3.81. The zero-order chi connectivity index (χ0) is 18.4. The van der Waals surface area contributed by atoms with Gasteiger partial charge in [0.2, 0.25) is 5.91 Å². The van der Waals surface area contributed by atoms with Crippen molar-refractivity contribution in [3.05, 3.63) is 47.5 Å². The predicted octanol–water partition coefficient (Wildman–Crippen LogP) is 3.06. The fourth-order valence-corrected chi connectivity index (χ4v) is 4.94. The number of fused-ring (bicyclic) bond motifs is 1. The number of rotatable bonds is 4. The van der Waals surface area contributed by atoms with Crippen LogP contribution in [0.4, 0.5) is 5.69 Å². The van der Waals surface area contributed by atoms with E-state index in [1.165, 1.54) is 24.3 Å². The van der Waals surface area contributed by atoms with E-state index in [2.05, 4.69) is 5.32 Å². The minimum absolute atomic E-state index is 0.0942. The maximum atomic E-state index is 12.9. The molecule has 0 atom stereocenters. The Bertz CT molecular complexity index is 968. The van der Waals surface area contributed by atoms with Crippen LogP contribution in [0, 0.1) is 0 Å². The molecule has 8 heteroatoms. The van der Waals surface area contributed by atoms with Crippen molar-refractivity contribution in [3.8, 4) is 11.5 Å². The summed E-state index contributed by atoms with van der Waals surface area (Å²) in [5.41, 5.74) is 0.469. The number of hydrogen-bond acceptors (Lipinski definition) is 5. The number of nitrogens with one attached hydrogen (secondary N) is 1. The topological polar surface area (TPSA) is 81.7 Å². The van der Waals surface area contributed by atoms with Gasteiger partial charge in [0, 0.05) is 16.8 Å². The average molecular weight is 394 g/mol. The Kier molecular flexibility index (Phi) is 4.08. The lowest BCUT2D eigenvalue weighted by Crippen LogP contribution is -2.37. The quantitative estimate of drug-likeness (QED) is 0.863. The van der Waals surface area contributed by atoms with Crippen LogP contribution in [0.15, 0.2) is 47.4 Å². The van der Waals surface area contributed by atoms with E-state index in [1.807, 2.05) is 0 Å². The van der Waals surface area contributed by atoms with Crippen LogP contribution in [0.2, 0.25) is 5.02 Å². The van der Waals surface area contributed by atoms with Gasteiger partial charge in [-0.1, -0.05) is 11.6 Å². The Balaban J connectivity index is 1.58. The number of sulfone groups is 1. The molecule has 0 saturated heterocycles. The monoisotopic (exact) mass is 393 g/mol. The van der Waals surface area contributed by atoms with Gasteiger partial charge in [0.25, 0.3) is 0 Å². The molecule has 0 spiro atoms. The Labute approximate surface area is 156 Å². The molecule has 1 N–H and O–H groups in total. The molecule has 0 aromatic heterocycles. The van der Waals surface area contributed by atoms with Crippen molar-refractivity contribution < 1.29 is 22.7 Å². The second-order valence-corrected chi connectivity index (χ2v) is 8.96. The van der Waals surface area contributed by atoms with Gasteiger partial charge in [0.1, 0.15) is 13.2 Å². The Morgan fingerprint density at radius 1 is 1.00 bits per heavy atom. The zero-order valence-electron chi connectivity index (χ0n) is 13.7. The summed E-state index contributed by atoms with van der Waals surface area (Å²) in [6, 6.07) is 10.8. The highest BCUT2D eigenvalue weighted by atomic mass is 35.5. The summed E-state index contributed by atoms with van der Waals surface area (Å²) in [6.45, 7) is 0.903. The highest BCUT2D eigenvalue weighted by Gasteiger charge is 2.61. The Hall–Kier alpha value is -2.25. The third-order valence-electron chi connectivity index (χ3n) is 4.56. The molecule has 2 aliphatic rings. The second-order valence-electron chi connectivity index (χ2n) is 6.26. The first-order chi connectivity index (χ1) is 12.4. The molecule has 1 saturated carbocycles. The van der Waals surface area contributed by atoms with Gasteiger partial charge < -0.3 is 14.8 Å². The minimum atomic E-state index is -3.81. The lowest BCUT2D eigenvalue weighted by molar-refractivity contribution is -0.116. The standard InChI is InChI=1S/C18H16ClNO5S/c19-12-1-4-14(5-2-12)26(22,23)18(7-8-18)17(21)20-13-3-6-15-16(11-13)25-10-9-24-15/h1-6,11H,7-10H2,(H,20,21). The van der Waals surface area contributed by atoms with E-state index in [0.29, 0.717) is 35.4 Å².